The molecule has 2 heterocycles. The zero-order valence-electron chi connectivity index (χ0n) is 18.3. The fourth-order valence-electron chi connectivity index (χ4n) is 4.39. The number of benzene rings is 4. The average Bonchev–Trinajstić information content (AvgIpc) is 2.92. The van der Waals surface area contributed by atoms with Gasteiger partial charge >= 0.3 is 0 Å². The van der Waals surface area contributed by atoms with Crippen LogP contribution in [0.3, 0.4) is 0 Å². The Labute approximate surface area is 197 Å². The van der Waals surface area contributed by atoms with Gasteiger partial charge in [0.1, 0.15) is 0 Å². The molecule has 160 valence electrons. The number of nitrogens with zero attached hydrogens (tertiary/aromatic N) is 2. The summed E-state index contributed by atoms with van der Waals surface area (Å²) in [5, 5.41) is 2.14. The summed E-state index contributed by atoms with van der Waals surface area (Å²) in [6.45, 7) is 0. The van der Waals surface area contributed by atoms with E-state index in [1.807, 2.05) is 121 Å². The molecule has 6 rings (SSSR count). The van der Waals surface area contributed by atoms with Crippen molar-refractivity contribution in [2.75, 3.05) is 0 Å². The van der Waals surface area contributed by atoms with Gasteiger partial charge in [-0.1, -0.05) is 97.1 Å². The van der Waals surface area contributed by atoms with E-state index in [0.29, 0.717) is 11.1 Å². The third kappa shape index (κ3) is 3.54. The Morgan fingerprint density at radius 3 is 1.35 bits per heavy atom. The summed E-state index contributed by atoms with van der Waals surface area (Å²) in [6.07, 6.45) is 0. The molecule has 3 nitrogen and oxygen atoms in total. The number of hydrogen-bond donors (Lipinski definition) is 0. The first kappa shape index (κ1) is 20.0. The lowest BCUT2D eigenvalue weighted by atomic mass is 9.92. The van der Waals surface area contributed by atoms with Crippen LogP contribution in [0.2, 0.25) is 0 Å². The minimum atomic E-state index is -0.0453. The van der Waals surface area contributed by atoms with Crippen LogP contribution in [0.5, 0.6) is 0 Å². The summed E-state index contributed by atoms with van der Waals surface area (Å²) < 4.78 is 0. The molecule has 0 spiro atoms. The second kappa shape index (κ2) is 8.38. The standard InChI is InChI=1S/C31H20N2O/c34-31(25-13-5-3-11-23(25)29-19-17-21-9-1-7-15-27(21)32-29)26-14-6-4-12-24(26)30-20-18-22-10-2-8-16-28(22)33-30/h1-20H. The molecule has 0 aliphatic carbocycles. The Morgan fingerprint density at radius 1 is 0.441 bits per heavy atom. The second-order valence-electron chi connectivity index (χ2n) is 8.20. The molecule has 0 bridgehead atoms. The lowest BCUT2D eigenvalue weighted by Gasteiger charge is -2.12. The van der Waals surface area contributed by atoms with E-state index in [1.165, 1.54) is 0 Å². The molecular weight excluding hydrogens is 416 g/mol. The predicted molar refractivity (Wildman–Crippen MR) is 138 cm³/mol. The van der Waals surface area contributed by atoms with Gasteiger partial charge in [0, 0.05) is 33.0 Å². The smallest absolute Gasteiger partial charge is 0.194 e. The molecule has 4 aromatic carbocycles. The van der Waals surface area contributed by atoms with Crippen molar-refractivity contribution in [1.29, 1.82) is 0 Å². The highest BCUT2D eigenvalue weighted by Gasteiger charge is 2.19. The maximum atomic E-state index is 13.9. The minimum absolute atomic E-state index is 0.0453. The van der Waals surface area contributed by atoms with Crippen molar-refractivity contribution in [3.8, 4) is 22.5 Å². The SMILES string of the molecule is O=C(c1ccccc1-c1ccc2ccccc2n1)c1ccccc1-c1ccc2ccccc2n1. The number of carbonyl (C=O) groups excluding carboxylic acids is 1. The van der Waals surface area contributed by atoms with Crippen molar-refractivity contribution in [3.63, 3.8) is 0 Å². The van der Waals surface area contributed by atoms with Crippen molar-refractivity contribution in [1.82, 2.24) is 9.97 Å². The lowest BCUT2D eigenvalue weighted by Crippen LogP contribution is -2.06. The topological polar surface area (TPSA) is 42.9 Å². The Bertz CT molecular complexity index is 1560. The molecule has 0 saturated heterocycles. The molecule has 0 atom stereocenters. The number of rotatable bonds is 4. The molecule has 3 heteroatoms. The lowest BCUT2D eigenvalue weighted by molar-refractivity contribution is 0.104. The van der Waals surface area contributed by atoms with Gasteiger partial charge in [-0.15, -0.1) is 0 Å². The fourth-order valence-corrected chi connectivity index (χ4v) is 4.39. The van der Waals surface area contributed by atoms with Crippen LogP contribution in [-0.4, -0.2) is 15.8 Å². The number of carbonyl (C=O) groups is 1. The van der Waals surface area contributed by atoms with Gasteiger partial charge in [0.05, 0.1) is 22.4 Å². The Hall–Kier alpha value is -4.63. The van der Waals surface area contributed by atoms with Crippen LogP contribution < -0.4 is 0 Å². The Kier molecular flexibility index (Phi) is 4.93. The van der Waals surface area contributed by atoms with Gasteiger partial charge in [-0.25, -0.2) is 9.97 Å². The highest BCUT2D eigenvalue weighted by Crippen LogP contribution is 2.30. The Morgan fingerprint density at radius 2 is 0.853 bits per heavy atom. The van der Waals surface area contributed by atoms with Gasteiger partial charge in [0.25, 0.3) is 0 Å². The van der Waals surface area contributed by atoms with E-state index in [9.17, 15) is 4.79 Å². The molecular formula is C31H20N2O. The molecule has 0 N–H and O–H groups in total. The summed E-state index contributed by atoms with van der Waals surface area (Å²) in [5.41, 5.74) is 6.26. The van der Waals surface area contributed by atoms with Crippen molar-refractivity contribution < 1.29 is 4.79 Å². The Balaban J connectivity index is 1.47. The van der Waals surface area contributed by atoms with Gasteiger partial charge < -0.3 is 0 Å². The van der Waals surface area contributed by atoms with Crippen LogP contribution in [0, 0.1) is 0 Å². The van der Waals surface area contributed by atoms with E-state index in [4.69, 9.17) is 9.97 Å². The zero-order valence-corrected chi connectivity index (χ0v) is 18.3. The fraction of sp³-hybridized carbons (Fsp3) is 0. The predicted octanol–water partition coefficient (Wildman–Crippen LogP) is 7.35. The van der Waals surface area contributed by atoms with Gasteiger partial charge in [0.15, 0.2) is 5.78 Å². The van der Waals surface area contributed by atoms with Crippen molar-refractivity contribution in [2.45, 2.75) is 0 Å². The number of hydrogen-bond acceptors (Lipinski definition) is 3. The van der Waals surface area contributed by atoms with Gasteiger partial charge in [-0.3, -0.25) is 4.79 Å². The monoisotopic (exact) mass is 436 g/mol. The molecule has 0 radical (unpaired) electrons. The van der Waals surface area contributed by atoms with Crippen LogP contribution in [0.25, 0.3) is 44.3 Å². The first-order chi connectivity index (χ1) is 16.8. The number of fused-ring (bicyclic) bond motifs is 2. The molecule has 0 aliphatic heterocycles. The molecule has 0 unspecified atom stereocenters. The van der Waals surface area contributed by atoms with E-state index in [-0.39, 0.29) is 5.78 Å². The summed E-state index contributed by atoms with van der Waals surface area (Å²) in [4.78, 5) is 23.6. The quantitative estimate of drug-likeness (QED) is 0.271. The van der Waals surface area contributed by atoms with E-state index in [2.05, 4.69) is 0 Å². The largest absolute Gasteiger partial charge is 0.289 e. The van der Waals surface area contributed by atoms with Crippen LogP contribution in [0.1, 0.15) is 15.9 Å². The summed E-state index contributed by atoms with van der Waals surface area (Å²) in [5.74, 6) is -0.0453. The molecule has 0 aliphatic rings. The van der Waals surface area contributed by atoms with Crippen molar-refractivity contribution in [2.24, 2.45) is 0 Å². The molecule has 0 amide bonds. The van der Waals surface area contributed by atoms with Gasteiger partial charge in [0.2, 0.25) is 0 Å². The highest BCUT2D eigenvalue weighted by atomic mass is 16.1. The van der Waals surface area contributed by atoms with E-state index in [1.54, 1.807) is 0 Å². The van der Waals surface area contributed by atoms with Crippen LogP contribution in [0.4, 0.5) is 0 Å². The van der Waals surface area contributed by atoms with Crippen molar-refractivity contribution >= 4 is 27.6 Å². The van der Waals surface area contributed by atoms with E-state index in [0.717, 1.165) is 44.3 Å². The number of ketones is 1. The van der Waals surface area contributed by atoms with Crippen LogP contribution in [0.15, 0.2) is 121 Å². The maximum Gasteiger partial charge on any atom is 0.194 e. The van der Waals surface area contributed by atoms with Crippen LogP contribution >= 0.6 is 0 Å². The highest BCUT2D eigenvalue weighted by molar-refractivity contribution is 6.16. The van der Waals surface area contributed by atoms with E-state index >= 15 is 0 Å². The summed E-state index contributed by atoms with van der Waals surface area (Å²) in [7, 11) is 0. The van der Waals surface area contributed by atoms with Crippen molar-refractivity contribution in [3.05, 3.63) is 132 Å². The van der Waals surface area contributed by atoms with E-state index < -0.39 is 0 Å². The number of para-hydroxylation sites is 2. The maximum absolute atomic E-state index is 13.9. The molecule has 0 fully saturated rings. The van der Waals surface area contributed by atoms with Crippen LogP contribution in [-0.2, 0) is 0 Å². The molecule has 6 aromatic rings. The third-order valence-electron chi connectivity index (χ3n) is 6.09. The number of aromatic nitrogens is 2. The zero-order chi connectivity index (χ0) is 22.9. The van der Waals surface area contributed by atoms with Gasteiger partial charge in [-0.2, -0.15) is 0 Å². The minimum Gasteiger partial charge on any atom is -0.289 e. The first-order valence-electron chi connectivity index (χ1n) is 11.2. The molecule has 34 heavy (non-hydrogen) atoms. The van der Waals surface area contributed by atoms with Gasteiger partial charge in [-0.05, 0) is 24.3 Å². The second-order valence-corrected chi connectivity index (χ2v) is 8.20. The normalized spacial score (nSPS) is 11.1. The molecule has 0 saturated carbocycles. The number of pyridine rings is 2. The third-order valence-corrected chi connectivity index (χ3v) is 6.09. The summed E-state index contributed by atoms with van der Waals surface area (Å²) >= 11 is 0. The average molecular weight is 437 g/mol. The first-order valence-corrected chi connectivity index (χ1v) is 11.2. The summed E-state index contributed by atoms with van der Waals surface area (Å²) in [6, 6.07) is 39.4. The molecule has 2 aromatic heterocycles.